The van der Waals surface area contributed by atoms with Crippen molar-refractivity contribution in [3.63, 3.8) is 0 Å². The summed E-state index contributed by atoms with van der Waals surface area (Å²) in [4.78, 5) is 10.7. The molecule has 0 spiro atoms. The van der Waals surface area contributed by atoms with Gasteiger partial charge < -0.3 is 23.7 Å². The number of hydrogen-bond donors (Lipinski definition) is 0. The van der Waals surface area contributed by atoms with Crippen LogP contribution in [0.2, 0.25) is 0 Å². The molecule has 118 valence electrons. The second kappa shape index (κ2) is 16.8. The Morgan fingerprint density at radius 3 is 1.60 bits per heavy atom. The van der Waals surface area contributed by atoms with E-state index in [2.05, 4.69) is 29.2 Å². The summed E-state index contributed by atoms with van der Waals surface area (Å²) in [7, 11) is 0. The van der Waals surface area contributed by atoms with Crippen LogP contribution < -0.4 is 0 Å². The van der Waals surface area contributed by atoms with Gasteiger partial charge in [0.15, 0.2) is 0 Å². The summed E-state index contributed by atoms with van der Waals surface area (Å²) in [5.41, 5.74) is 0. The van der Waals surface area contributed by atoms with Crippen LogP contribution in [0.15, 0.2) is 12.7 Å². The van der Waals surface area contributed by atoms with Crippen LogP contribution >= 0.6 is 22.6 Å². The maximum atomic E-state index is 10.7. The van der Waals surface area contributed by atoms with Crippen LogP contribution in [0.1, 0.15) is 0 Å². The molecule has 0 aromatic carbocycles. The van der Waals surface area contributed by atoms with Gasteiger partial charge in [0.1, 0.15) is 6.61 Å². The summed E-state index contributed by atoms with van der Waals surface area (Å²) >= 11 is 2.26. The largest absolute Gasteiger partial charge is 0.460 e. The van der Waals surface area contributed by atoms with Crippen LogP contribution in [0.5, 0.6) is 0 Å². The Morgan fingerprint density at radius 2 is 1.20 bits per heavy atom. The molecular formula is C13H23IO6. The normalized spacial score (nSPS) is 10.4. The molecule has 0 fully saturated rings. The van der Waals surface area contributed by atoms with Crippen molar-refractivity contribution in [1.82, 2.24) is 0 Å². The van der Waals surface area contributed by atoms with Crippen molar-refractivity contribution < 1.29 is 28.5 Å². The number of carbonyl (C=O) groups is 1. The fraction of sp³-hybridized carbons (Fsp3) is 0.769. The van der Waals surface area contributed by atoms with Crippen molar-refractivity contribution >= 4 is 28.6 Å². The third-order valence-electron chi connectivity index (χ3n) is 1.98. The summed E-state index contributed by atoms with van der Waals surface area (Å²) in [5, 5.41) is 0. The van der Waals surface area contributed by atoms with E-state index in [1.54, 1.807) is 0 Å². The summed E-state index contributed by atoms with van der Waals surface area (Å²) in [6.45, 7) is 7.87. The minimum Gasteiger partial charge on any atom is -0.460 e. The monoisotopic (exact) mass is 402 g/mol. The first-order chi connectivity index (χ1) is 9.81. The van der Waals surface area contributed by atoms with Gasteiger partial charge >= 0.3 is 5.97 Å². The highest BCUT2D eigenvalue weighted by Crippen LogP contribution is 1.85. The lowest BCUT2D eigenvalue weighted by Crippen LogP contribution is -2.14. The number of hydrogen-bond acceptors (Lipinski definition) is 6. The van der Waals surface area contributed by atoms with Crippen molar-refractivity contribution in [3.8, 4) is 0 Å². The molecule has 0 atom stereocenters. The van der Waals surface area contributed by atoms with E-state index in [4.69, 9.17) is 23.7 Å². The molecule has 0 aliphatic rings. The van der Waals surface area contributed by atoms with E-state index in [0.717, 1.165) is 17.1 Å². The molecule has 0 heterocycles. The quantitative estimate of drug-likeness (QED) is 0.135. The molecular weight excluding hydrogens is 379 g/mol. The van der Waals surface area contributed by atoms with Crippen molar-refractivity contribution in [3.05, 3.63) is 12.7 Å². The maximum absolute atomic E-state index is 10.7. The van der Waals surface area contributed by atoms with Gasteiger partial charge in [-0.05, 0) is 0 Å². The predicted octanol–water partition coefficient (Wildman–Crippen LogP) is 1.22. The minimum absolute atomic E-state index is 0.227. The summed E-state index contributed by atoms with van der Waals surface area (Å²) < 4.78 is 26.8. The van der Waals surface area contributed by atoms with E-state index >= 15 is 0 Å². The van der Waals surface area contributed by atoms with Gasteiger partial charge in [0.05, 0.1) is 52.9 Å². The Kier molecular flexibility index (Phi) is 16.6. The first-order valence-electron chi connectivity index (χ1n) is 6.47. The lowest BCUT2D eigenvalue weighted by Gasteiger charge is -2.07. The van der Waals surface area contributed by atoms with Crippen LogP contribution in [-0.2, 0) is 28.5 Å². The Hall–Kier alpha value is -0.220. The predicted molar refractivity (Wildman–Crippen MR) is 83.3 cm³/mol. The molecule has 7 heteroatoms. The Balaban J connectivity index is 2.99. The van der Waals surface area contributed by atoms with E-state index in [9.17, 15) is 4.79 Å². The smallest absolute Gasteiger partial charge is 0.330 e. The number of halogens is 1. The SMILES string of the molecule is C=CC(=O)OCCOCCOCCOCCOCCI. The molecule has 6 nitrogen and oxygen atoms in total. The molecule has 0 aliphatic carbocycles. The highest BCUT2D eigenvalue weighted by molar-refractivity contribution is 14.1. The standard InChI is InChI=1S/C13H23IO6/c1-2-13(15)20-12-11-19-10-9-18-8-7-17-6-5-16-4-3-14/h2H,1,3-12H2. The third kappa shape index (κ3) is 15.8. The lowest BCUT2D eigenvalue weighted by atomic mass is 10.6. The first kappa shape index (κ1) is 19.8. The average Bonchev–Trinajstić information content (AvgIpc) is 2.47. The van der Waals surface area contributed by atoms with Gasteiger partial charge in [0, 0.05) is 10.5 Å². The van der Waals surface area contributed by atoms with Gasteiger partial charge in [-0.15, -0.1) is 0 Å². The number of rotatable bonds is 15. The molecule has 0 saturated heterocycles. The number of alkyl halides is 1. The van der Waals surface area contributed by atoms with E-state index in [1.807, 2.05) is 0 Å². The summed E-state index contributed by atoms with van der Waals surface area (Å²) in [6, 6.07) is 0. The number of carbonyl (C=O) groups excluding carboxylic acids is 1. The van der Waals surface area contributed by atoms with Gasteiger partial charge in [-0.3, -0.25) is 0 Å². The zero-order valence-corrected chi connectivity index (χ0v) is 13.8. The van der Waals surface area contributed by atoms with Gasteiger partial charge in [0.2, 0.25) is 0 Å². The summed E-state index contributed by atoms with van der Waals surface area (Å²) in [6.07, 6.45) is 1.12. The fourth-order valence-electron chi connectivity index (χ4n) is 1.08. The molecule has 0 saturated carbocycles. The van der Waals surface area contributed by atoms with Crippen LogP contribution in [0.3, 0.4) is 0 Å². The third-order valence-corrected chi connectivity index (χ3v) is 2.42. The topological polar surface area (TPSA) is 63.2 Å². The van der Waals surface area contributed by atoms with Gasteiger partial charge in [-0.1, -0.05) is 29.2 Å². The van der Waals surface area contributed by atoms with Gasteiger partial charge in [0.25, 0.3) is 0 Å². The number of ether oxygens (including phenoxy) is 5. The zero-order valence-electron chi connectivity index (χ0n) is 11.7. The summed E-state index contributed by atoms with van der Waals surface area (Å²) in [5.74, 6) is -0.440. The Bertz CT molecular complexity index is 237. The van der Waals surface area contributed by atoms with Crippen molar-refractivity contribution in [2.24, 2.45) is 0 Å². The molecule has 0 aromatic rings. The zero-order chi connectivity index (χ0) is 14.9. The van der Waals surface area contributed by atoms with Crippen LogP contribution in [0.4, 0.5) is 0 Å². The second-order valence-electron chi connectivity index (χ2n) is 3.51. The van der Waals surface area contributed by atoms with E-state index in [1.165, 1.54) is 0 Å². The Labute approximate surface area is 133 Å². The van der Waals surface area contributed by atoms with E-state index in [-0.39, 0.29) is 6.61 Å². The first-order valence-corrected chi connectivity index (χ1v) is 8.00. The maximum Gasteiger partial charge on any atom is 0.330 e. The highest BCUT2D eigenvalue weighted by Gasteiger charge is 1.95. The molecule has 0 rings (SSSR count). The minimum atomic E-state index is -0.440. The van der Waals surface area contributed by atoms with Crippen molar-refractivity contribution in [2.45, 2.75) is 0 Å². The van der Waals surface area contributed by atoms with E-state index < -0.39 is 5.97 Å². The molecule has 0 aromatic heterocycles. The van der Waals surface area contributed by atoms with Gasteiger partial charge in [-0.25, -0.2) is 4.79 Å². The van der Waals surface area contributed by atoms with Crippen LogP contribution in [-0.4, -0.2) is 69.9 Å². The van der Waals surface area contributed by atoms with Crippen LogP contribution in [0.25, 0.3) is 0 Å². The van der Waals surface area contributed by atoms with Crippen molar-refractivity contribution in [2.75, 3.05) is 63.9 Å². The van der Waals surface area contributed by atoms with E-state index in [0.29, 0.717) is 46.2 Å². The molecule has 0 unspecified atom stereocenters. The average molecular weight is 402 g/mol. The molecule has 0 aliphatic heterocycles. The van der Waals surface area contributed by atoms with Crippen LogP contribution in [0, 0.1) is 0 Å². The molecule has 20 heavy (non-hydrogen) atoms. The lowest BCUT2D eigenvalue weighted by molar-refractivity contribution is -0.139. The Morgan fingerprint density at radius 1 is 0.800 bits per heavy atom. The molecule has 0 radical (unpaired) electrons. The second-order valence-corrected chi connectivity index (χ2v) is 4.59. The fourth-order valence-corrected chi connectivity index (χ4v) is 1.39. The molecule has 0 amide bonds. The van der Waals surface area contributed by atoms with Gasteiger partial charge in [-0.2, -0.15) is 0 Å². The number of esters is 1. The molecule has 0 N–H and O–H groups in total. The molecule has 0 bridgehead atoms. The highest BCUT2D eigenvalue weighted by atomic mass is 127. The van der Waals surface area contributed by atoms with Crippen molar-refractivity contribution in [1.29, 1.82) is 0 Å².